The lowest BCUT2D eigenvalue weighted by Gasteiger charge is -2.03. The highest BCUT2D eigenvalue weighted by Crippen LogP contribution is 2.26. The third-order valence-electron chi connectivity index (χ3n) is 2.84. The molecule has 0 aliphatic heterocycles. The molecule has 0 amide bonds. The number of rotatable bonds is 2. The highest BCUT2D eigenvalue weighted by molar-refractivity contribution is 7.84. The standard InChI is InChI=1S/C13H10ClN3OS/c1-19(18)11-8-17(10-5-3-2-4-9(10)11)12-6-7-15-13(14)16-12/h2-8H,1H3. The summed E-state index contributed by atoms with van der Waals surface area (Å²) in [6.07, 6.45) is 5.10. The minimum Gasteiger partial charge on any atom is -0.300 e. The van der Waals surface area contributed by atoms with Crippen LogP contribution < -0.4 is 0 Å². The van der Waals surface area contributed by atoms with Crippen molar-refractivity contribution in [3.63, 3.8) is 0 Å². The van der Waals surface area contributed by atoms with E-state index in [0.29, 0.717) is 5.82 Å². The maximum atomic E-state index is 11.8. The van der Waals surface area contributed by atoms with Crippen molar-refractivity contribution >= 4 is 33.3 Å². The molecule has 1 aromatic carbocycles. The Hall–Kier alpha value is -1.72. The topological polar surface area (TPSA) is 47.8 Å². The molecule has 1 atom stereocenters. The van der Waals surface area contributed by atoms with Crippen molar-refractivity contribution in [3.05, 3.63) is 48.0 Å². The van der Waals surface area contributed by atoms with Gasteiger partial charge in [0, 0.05) is 24.0 Å². The summed E-state index contributed by atoms with van der Waals surface area (Å²) in [4.78, 5) is 8.84. The second-order valence-corrected chi connectivity index (χ2v) is 5.70. The summed E-state index contributed by atoms with van der Waals surface area (Å²) in [5.74, 6) is 0.660. The number of halogens is 1. The molecule has 3 rings (SSSR count). The van der Waals surface area contributed by atoms with Crippen LogP contribution in [0.5, 0.6) is 0 Å². The number of benzene rings is 1. The van der Waals surface area contributed by atoms with Crippen molar-refractivity contribution in [2.24, 2.45) is 0 Å². The molecule has 0 aliphatic carbocycles. The third kappa shape index (κ3) is 2.15. The van der Waals surface area contributed by atoms with Crippen molar-refractivity contribution in [3.8, 4) is 5.82 Å². The van der Waals surface area contributed by atoms with Crippen molar-refractivity contribution in [1.82, 2.24) is 14.5 Å². The van der Waals surface area contributed by atoms with Crippen LogP contribution >= 0.6 is 11.6 Å². The van der Waals surface area contributed by atoms with Crippen LogP contribution in [0, 0.1) is 0 Å². The Morgan fingerprint density at radius 3 is 2.79 bits per heavy atom. The zero-order valence-electron chi connectivity index (χ0n) is 10.1. The van der Waals surface area contributed by atoms with Crippen LogP contribution in [0.15, 0.2) is 47.6 Å². The number of hydrogen-bond acceptors (Lipinski definition) is 3. The summed E-state index contributed by atoms with van der Waals surface area (Å²) in [5, 5.41) is 1.15. The Kier molecular flexibility index (Phi) is 3.08. The minimum absolute atomic E-state index is 0.189. The predicted molar refractivity (Wildman–Crippen MR) is 76.2 cm³/mol. The molecule has 1 unspecified atom stereocenters. The van der Waals surface area contributed by atoms with Gasteiger partial charge in [-0.25, -0.2) is 4.98 Å². The first-order valence-corrected chi connectivity index (χ1v) is 7.53. The summed E-state index contributed by atoms with van der Waals surface area (Å²) < 4.78 is 13.7. The number of para-hydroxylation sites is 1. The largest absolute Gasteiger partial charge is 0.300 e. The molecule has 96 valence electrons. The highest BCUT2D eigenvalue weighted by atomic mass is 35.5. The van der Waals surface area contributed by atoms with Gasteiger partial charge in [-0.3, -0.25) is 8.78 Å². The SMILES string of the molecule is CS(=O)c1cn(-c2ccnc(Cl)n2)c2ccccc12. The smallest absolute Gasteiger partial charge is 0.224 e. The third-order valence-corrected chi connectivity index (χ3v) is 3.97. The lowest BCUT2D eigenvalue weighted by atomic mass is 10.2. The molecule has 4 nitrogen and oxygen atoms in total. The van der Waals surface area contributed by atoms with Crippen LogP contribution in [0.1, 0.15) is 0 Å². The number of hydrogen-bond donors (Lipinski definition) is 0. The van der Waals surface area contributed by atoms with E-state index in [1.165, 1.54) is 0 Å². The molecular formula is C13H10ClN3OS. The Bertz CT molecular complexity index is 784. The van der Waals surface area contributed by atoms with E-state index in [-0.39, 0.29) is 5.28 Å². The van der Waals surface area contributed by atoms with Gasteiger partial charge in [-0.1, -0.05) is 18.2 Å². The zero-order valence-corrected chi connectivity index (χ0v) is 11.6. The van der Waals surface area contributed by atoms with E-state index < -0.39 is 10.8 Å². The molecule has 0 fully saturated rings. The fourth-order valence-corrected chi connectivity index (χ4v) is 2.91. The molecule has 2 aromatic heterocycles. The van der Waals surface area contributed by atoms with E-state index in [4.69, 9.17) is 11.6 Å². The molecule has 0 radical (unpaired) electrons. The lowest BCUT2D eigenvalue weighted by Crippen LogP contribution is -1.96. The van der Waals surface area contributed by atoms with Crippen LogP contribution in [0.3, 0.4) is 0 Å². The van der Waals surface area contributed by atoms with Gasteiger partial charge in [-0.15, -0.1) is 0 Å². The minimum atomic E-state index is -1.06. The highest BCUT2D eigenvalue weighted by Gasteiger charge is 2.12. The molecule has 6 heteroatoms. The van der Waals surface area contributed by atoms with Crippen molar-refractivity contribution < 1.29 is 4.21 Å². The molecule has 3 aromatic rings. The maximum absolute atomic E-state index is 11.8. The second kappa shape index (κ2) is 4.75. The molecule has 0 bridgehead atoms. The lowest BCUT2D eigenvalue weighted by molar-refractivity contribution is 0.687. The Morgan fingerprint density at radius 1 is 1.26 bits per heavy atom. The summed E-state index contributed by atoms with van der Waals surface area (Å²) >= 11 is 5.82. The average Bonchev–Trinajstić information content (AvgIpc) is 2.78. The van der Waals surface area contributed by atoms with Gasteiger partial charge < -0.3 is 0 Å². The molecule has 0 saturated carbocycles. The molecule has 0 N–H and O–H groups in total. The van der Waals surface area contributed by atoms with Gasteiger partial charge in [0.2, 0.25) is 5.28 Å². The normalized spacial score (nSPS) is 12.7. The molecule has 0 aliphatic rings. The van der Waals surface area contributed by atoms with Crippen LogP contribution in [-0.2, 0) is 10.8 Å². The quantitative estimate of drug-likeness (QED) is 0.682. The van der Waals surface area contributed by atoms with Crippen molar-refractivity contribution in [1.29, 1.82) is 0 Å². The van der Waals surface area contributed by atoms with Gasteiger partial charge in [0.1, 0.15) is 5.82 Å². The first kappa shape index (κ1) is 12.3. The van der Waals surface area contributed by atoms with Gasteiger partial charge >= 0.3 is 0 Å². The second-order valence-electron chi connectivity index (χ2n) is 4.02. The summed E-state index contributed by atoms with van der Waals surface area (Å²) in [6.45, 7) is 0. The van der Waals surface area contributed by atoms with Crippen LogP contribution in [-0.4, -0.2) is 25.0 Å². The van der Waals surface area contributed by atoms with Gasteiger partial charge in [-0.05, 0) is 23.7 Å². The van der Waals surface area contributed by atoms with Crippen LogP contribution in [0.2, 0.25) is 5.28 Å². The van der Waals surface area contributed by atoms with Crippen LogP contribution in [0.4, 0.5) is 0 Å². The Morgan fingerprint density at radius 2 is 2.05 bits per heavy atom. The van der Waals surface area contributed by atoms with Gasteiger partial charge in [0.05, 0.1) is 21.2 Å². The number of nitrogens with zero attached hydrogens (tertiary/aromatic N) is 3. The van der Waals surface area contributed by atoms with Gasteiger partial charge in [0.25, 0.3) is 0 Å². The Balaban J connectivity index is 2.33. The fourth-order valence-electron chi connectivity index (χ4n) is 2.03. The summed E-state index contributed by atoms with van der Waals surface area (Å²) in [7, 11) is -1.06. The van der Waals surface area contributed by atoms with Gasteiger partial charge in [0.15, 0.2) is 0 Å². The molecule has 19 heavy (non-hydrogen) atoms. The summed E-state index contributed by atoms with van der Waals surface area (Å²) in [5.41, 5.74) is 0.947. The maximum Gasteiger partial charge on any atom is 0.224 e. The monoisotopic (exact) mass is 291 g/mol. The van der Waals surface area contributed by atoms with Crippen molar-refractivity contribution in [2.45, 2.75) is 4.90 Å². The molecule has 2 heterocycles. The van der Waals surface area contributed by atoms with Gasteiger partial charge in [-0.2, -0.15) is 4.98 Å². The zero-order chi connectivity index (χ0) is 13.4. The average molecular weight is 292 g/mol. The molecular weight excluding hydrogens is 282 g/mol. The van der Waals surface area contributed by atoms with E-state index in [1.54, 1.807) is 18.5 Å². The molecule has 0 spiro atoms. The first-order chi connectivity index (χ1) is 9.16. The Labute approximate surface area is 117 Å². The molecule has 0 saturated heterocycles. The summed E-state index contributed by atoms with van der Waals surface area (Å²) in [6, 6.07) is 9.54. The predicted octanol–water partition coefficient (Wildman–Crippen LogP) is 2.81. The number of fused-ring (bicyclic) bond motifs is 1. The number of aromatic nitrogens is 3. The van der Waals surface area contributed by atoms with Crippen molar-refractivity contribution in [2.75, 3.05) is 6.26 Å². The fraction of sp³-hybridized carbons (Fsp3) is 0.0769. The van der Waals surface area contributed by atoms with Crippen LogP contribution in [0.25, 0.3) is 16.7 Å². The first-order valence-electron chi connectivity index (χ1n) is 5.59. The van der Waals surface area contributed by atoms with E-state index in [2.05, 4.69) is 9.97 Å². The van der Waals surface area contributed by atoms with E-state index in [0.717, 1.165) is 15.8 Å². The van der Waals surface area contributed by atoms with E-state index in [9.17, 15) is 4.21 Å². The van der Waals surface area contributed by atoms with E-state index in [1.807, 2.05) is 35.0 Å². The van der Waals surface area contributed by atoms with E-state index >= 15 is 0 Å².